The Labute approximate surface area is 205 Å². The Morgan fingerprint density at radius 3 is 2.11 bits per heavy atom. The zero-order valence-corrected chi connectivity index (χ0v) is 20.5. The molecule has 0 radical (unpaired) electrons. The summed E-state index contributed by atoms with van der Waals surface area (Å²) in [5, 5.41) is 2.57. The molecule has 0 aliphatic heterocycles. The number of esters is 1. The molecule has 8 nitrogen and oxygen atoms in total. The Bertz CT molecular complexity index is 1240. The number of hydrogen-bond acceptors (Lipinski definition) is 6. The molecule has 1 N–H and O–H groups in total. The first-order valence-electron chi connectivity index (χ1n) is 11.2. The lowest BCUT2D eigenvalue weighted by atomic mass is 10.1. The van der Waals surface area contributed by atoms with E-state index in [9.17, 15) is 18.0 Å². The number of rotatable bonds is 11. The van der Waals surface area contributed by atoms with Crippen molar-refractivity contribution >= 4 is 27.6 Å². The highest BCUT2D eigenvalue weighted by molar-refractivity contribution is 7.89. The average Bonchev–Trinajstić information content (AvgIpc) is 2.88. The van der Waals surface area contributed by atoms with E-state index in [0.717, 1.165) is 11.1 Å². The number of benzene rings is 3. The van der Waals surface area contributed by atoms with Crippen LogP contribution in [-0.4, -0.2) is 50.9 Å². The third-order valence-electron chi connectivity index (χ3n) is 5.16. The van der Waals surface area contributed by atoms with Crippen LogP contribution in [0.15, 0.2) is 83.8 Å². The van der Waals surface area contributed by atoms with E-state index in [0.29, 0.717) is 24.5 Å². The van der Waals surface area contributed by atoms with Gasteiger partial charge < -0.3 is 14.8 Å². The normalized spacial score (nSPS) is 11.2. The van der Waals surface area contributed by atoms with Crippen LogP contribution in [0.2, 0.25) is 0 Å². The monoisotopic (exact) mass is 496 g/mol. The maximum Gasteiger partial charge on any atom is 0.344 e. The number of nitrogens with zero attached hydrogens (tertiary/aromatic N) is 1. The molecule has 3 rings (SSSR count). The summed E-state index contributed by atoms with van der Waals surface area (Å²) >= 11 is 0. The van der Waals surface area contributed by atoms with E-state index in [1.807, 2.05) is 42.5 Å². The minimum absolute atomic E-state index is 0.138. The van der Waals surface area contributed by atoms with E-state index in [-0.39, 0.29) is 11.5 Å². The van der Waals surface area contributed by atoms with Crippen LogP contribution in [0.4, 0.5) is 5.69 Å². The summed E-state index contributed by atoms with van der Waals surface area (Å²) in [4.78, 5) is 24.4. The molecule has 0 aliphatic rings. The van der Waals surface area contributed by atoms with Gasteiger partial charge in [0.1, 0.15) is 5.75 Å². The summed E-state index contributed by atoms with van der Waals surface area (Å²) in [6.45, 7) is 3.42. The van der Waals surface area contributed by atoms with Crippen molar-refractivity contribution in [1.82, 2.24) is 4.31 Å². The first-order valence-corrected chi connectivity index (χ1v) is 12.6. The summed E-state index contributed by atoms with van der Waals surface area (Å²) in [5.41, 5.74) is 2.18. The summed E-state index contributed by atoms with van der Waals surface area (Å²) in [6, 6.07) is 22.8. The van der Waals surface area contributed by atoms with Gasteiger partial charge in [0.05, 0.1) is 4.90 Å². The number of amides is 1. The maximum atomic E-state index is 12.5. The molecule has 0 spiro atoms. The van der Waals surface area contributed by atoms with E-state index in [1.54, 1.807) is 26.0 Å². The van der Waals surface area contributed by atoms with Crippen LogP contribution in [0.25, 0.3) is 11.1 Å². The predicted octanol–water partition coefficient (Wildman–Crippen LogP) is 3.94. The van der Waals surface area contributed by atoms with E-state index in [1.165, 1.54) is 28.6 Å². The SMILES string of the molecule is CCN(CC)S(=O)(=O)c1ccc(NC(=O)COC(=O)COc2ccccc2-c2ccccc2)cc1. The lowest BCUT2D eigenvalue weighted by Crippen LogP contribution is -2.30. The second-order valence-electron chi connectivity index (χ2n) is 7.47. The highest BCUT2D eigenvalue weighted by Crippen LogP contribution is 2.29. The van der Waals surface area contributed by atoms with Crippen LogP contribution in [0.1, 0.15) is 13.8 Å². The van der Waals surface area contributed by atoms with Crippen LogP contribution in [0, 0.1) is 0 Å². The number of anilines is 1. The van der Waals surface area contributed by atoms with Gasteiger partial charge in [0, 0.05) is 24.3 Å². The summed E-state index contributed by atoms with van der Waals surface area (Å²) in [6.07, 6.45) is 0. The van der Waals surface area contributed by atoms with Crippen LogP contribution in [0.5, 0.6) is 5.75 Å². The van der Waals surface area contributed by atoms with Crippen molar-refractivity contribution in [3.05, 3.63) is 78.9 Å². The van der Waals surface area contributed by atoms with Crippen molar-refractivity contribution < 1.29 is 27.5 Å². The van der Waals surface area contributed by atoms with Gasteiger partial charge >= 0.3 is 5.97 Å². The number of hydrogen-bond donors (Lipinski definition) is 1. The van der Waals surface area contributed by atoms with Gasteiger partial charge in [-0.2, -0.15) is 4.31 Å². The fraction of sp³-hybridized carbons (Fsp3) is 0.231. The highest BCUT2D eigenvalue weighted by Gasteiger charge is 2.21. The topological polar surface area (TPSA) is 102 Å². The van der Waals surface area contributed by atoms with E-state index >= 15 is 0 Å². The molecule has 184 valence electrons. The van der Waals surface area contributed by atoms with Gasteiger partial charge in [-0.15, -0.1) is 0 Å². The van der Waals surface area contributed by atoms with E-state index in [2.05, 4.69) is 5.32 Å². The molecule has 9 heteroatoms. The molecule has 0 saturated carbocycles. The molecule has 0 heterocycles. The molecule has 3 aromatic carbocycles. The Kier molecular flexibility index (Phi) is 8.99. The number of sulfonamides is 1. The zero-order valence-electron chi connectivity index (χ0n) is 19.6. The molecule has 0 aliphatic carbocycles. The number of carbonyl (C=O) groups excluding carboxylic acids is 2. The van der Waals surface area contributed by atoms with Gasteiger partial charge in [0.15, 0.2) is 13.2 Å². The van der Waals surface area contributed by atoms with Gasteiger partial charge in [-0.25, -0.2) is 13.2 Å². The number of para-hydroxylation sites is 1. The first kappa shape index (κ1) is 25.9. The molecular weight excluding hydrogens is 468 g/mol. The van der Waals surface area contributed by atoms with Crippen molar-refractivity contribution in [3.8, 4) is 16.9 Å². The Hall–Kier alpha value is -3.69. The third-order valence-corrected chi connectivity index (χ3v) is 7.23. The zero-order chi connectivity index (χ0) is 25.3. The molecule has 0 bridgehead atoms. The standard InChI is InChI=1S/C26H28N2O6S/c1-3-28(4-2)35(31,32)22-16-14-21(15-17-22)27-25(29)18-34-26(30)19-33-24-13-9-8-12-23(24)20-10-6-5-7-11-20/h5-17H,3-4,18-19H2,1-2H3,(H,27,29). The molecule has 0 aromatic heterocycles. The predicted molar refractivity (Wildman–Crippen MR) is 134 cm³/mol. The van der Waals surface area contributed by atoms with Gasteiger partial charge in [-0.3, -0.25) is 4.79 Å². The van der Waals surface area contributed by atoms with E-state index in [4.69, 9.17) is 9.47 Å². The van der Waals surface area contributed by atoms with Crippen LogP contribution in [-0.2, 0) is 24.3 Å². The maximum absolute atomic E-state index is 12.5. The number of carbonyl (C=O) groups is 2. The lowest BCUT2D eigenvalue weighted by molar-refractivity contribution is -0.149. The smallest absolute Gasteiger partial charge is 0.344 e. The van der Waals surface area contributed by atoms with E-state index < -0.39 is 28.5 Å². The number of ether oxygens (including phenoxy) is 2. The molecule has 0 atom stereocenters. The Morgan fingerprint density at radius 2 is 1.46 bits per heavy atom. The lowest BCUT2D eigenvalue weighted by Gasteiger charge is -2.18. The molecule has 0 fully saturated rings. The van der Waals surface area contributed by atoms with Gasteiger partial charge in [-0.05, 0) is 35.9 Å². The van der Waals surface area contributed by atoms with Crippen molar-refractivity contribution in [2.75, 3.05) is 31.6 Å². The Balaban J connectivity index is 1.50. The fourth-order valence-corrected chi connectivity index (χ4v) is 4.85. The quantitative estimate of drug-likeness (QED) is 0.404. The van der Waals surface area contributed by atoms with Gasteiger partial charge in [-0.1, -0.05) is 62.4 Å². The molecule has 35 heavy (non-hydrogen) atoms. The van der Waals surface area contributed by atoms with Crippen molar-refractivity contribution in [2.45, 2.75) is 18.7 Å². The molecule has 0 unspecified atom stereocenters. The van der Waals surface area contributed by atoms with Crippen LogP contribution >= 0.6 is 0 Å². The number of nitrogens with one attached hydrogen (secondary N) is 1. The summed E-state index contributed by atoms with van der Waals surface area (Å²) in [5.74, 6) is -0.717. The minimum Gasteiger partial charge on any atom is -0.481 e. The Morgan fingerprint density at radius 1 is 0.829 bits per heavy atom. The van der Waals surface area contributed by atoms with Crippen molar-refractivity contribution in [2.24, 2.45) is 0 Å². The minimum atomic E-state index is -3.58. The largest absolute Gasteiger partial charge is 0.481 e. The highest BCUT2D eigenvalue weighted by atomic mass is 32.2. The molecular formula is C26H28N2O6S. The van der Waals surface area contributed by atoms with Gasteiger partial charge in [0.25, 0.3) is 5.91 Å². The second-order valence-corrected chi connectivity index (χ2v) is 9.41. The third kappa shape index (κ3) is 6.91. The average molecular weight is 497 g/mol. The molecule has 3 aromatic rings. The summed E-state index contributed by atoms with van der Waals surface area (Å²) < 4.78 is 37.1. The molecule has 0 saturated heterocycles. The summed E-state index contributed by atoms with van der Waals surface area (Å²) in [7, 11) is -3.58. The van der Waals surface area contributed by atoms with Crippen molar-refractivity contribution in [1.29, 1.82) is 0 Å². The van der Waals surface area contributed by atoms with Crippen LogP contribution < -0.4 is 10.1 Å². The first-order chi connectivity index (χ1) is 16.8. The fourth-order valence-electron chi connectivity index (χ4n) is 3.39. The van der Waals surface area contributed by atoms with Crippen LogP contribution in [0.3, 0.4) is 0 Å². The van der Waals surface area contributed by atoms with Gasteiger partial charge in [0.2, 0.25) is 10.0 Å². The van der Waals surface area contributed by atoms with Crippen molar-refractivity contribution in [3.63, 3.8) is 0 Å². The second kappa shape index (κ2) is 12.1. The molecule has 1 amide bonds.